The fraction of sp³-hybridized carbons (Fsp3) is 0. The van der Waals surface area contributed by atoms with Crippen LogP contribution in [0.15, 0.2) is 89.7 Å². The molecule has 4 heterocycles. The summed E-state index contributed by atoms with van der Waals surface area (Å²) in [6, 6.07) is 24.1. The number of pyridine rings is 1. The molecule has 5 heteroatoms. The Morgan fingerprint density at radius 3 is 2.61 bits per heavy atom. The third-order valence-electron chi connectivity index (χ3n) is 4.98. The molecule has 0 N–H and O–H groups in total. The number of para-hydroxylation sites is 1. The Kier molecular flexibility index (Phi) is 3.10. The van der Waals surface area contributed by atoms with Crippen molar-refractivity contribution in [3.8, 4) is 17.1 Å². The van der Waals surface area contributed by atoms with Crippen molar-refractivity contribution in [2.45, 2.75) is 0 Å². The van der Waals surface area contributed by atoms with Gasteiger partial charge in [-0.15, -0.1) is 0 Å². The Morgan fingerprint density at radius 2 is 1.68 bits per heavy atom. The van der Waals surface area contributed by atoms with Crippen LogP contribution in [0.25, 0.3) is 50.2 Å². The van der Waals surface area contributed by atoms with Gasteiger partial charge >= 0.3 is 0 Å². The lowest BCUT2D eigenvalue weighted by Crippen LogP contribution is -1.98. The van der Waals surface area contributed by atoms with Gasteiger partial charge in [-0.1, -0.05) is 54.6 Å². The molecule has 132 valence electrons. The molecular formula is C23H14N4O. The lowest BCUT2D eigenvalue weighted by atomic mass is 10.1. The highest BCUT2D eigenvalue weighted by molar-refractivity contribution is 6.18. The summed E-state index contributed by atoms with van der Waals surface area (Å²) in [6.07, 6.45) is 3.38. The fourth-order valence-electron chi connectivity index (χ4n) is 3.75. The van der Waals surface area contributed by atoms with Crippen molar-refractivity contribution in [2.24, 2.45) is 0 Å². The molecule has 28 heavy (non-hydrogen) atoms. The van der Waals surface area contributed by atoms with Crippen LogP contribution < -0.4 is 0 Å². The van der Waals surface area contributed by atoms with Crippen molar-refractivity contribution in [2.75, 3.05) is 0 Å². The average Bonchev–Trinajstić information content (AvgIpc) is 3.29. The van der Waals surface area contributed by atoms with E-state index in [1.165, 1.54) is 0 Å². The van der Waals surface area contributed by atoms with Crippen molar-refractivity contribution < 1.29 is 4.42 Å². The summed E-state index contributed by atoms with van der Waals surface area (Å²) in [5, 5.41) is 2.03. The lowest BCUT2D eigenvalue weighted by molar-refractivity contribution is 0.643. The first-order valence-corrected chi connectivity index (χ1v) is 9.05. The molecule has 0 saturated carbocycles. The summed E-state index contributed by atoms with van der Waals surface area (Å²) in [4.78, 5) is 13.7. The third-order valence-corrected chi connectivity index (χ3v) is 4.98. The summed E-state index contributed by atoms with van der Waals surface area (Å²) in [7, 11) is 0. The molecule has 0 radical (unpaired) electrons. The Morgan fingerprint density at radius 1 is 0.821 bits per heavy atom. The average molecular weight is 362 g/mol. The summed E-state index contributed by atoms with van der Waals surface area (Å²) < 4.78 is 8.22. The highest BCUT2D eigenvalue weighted by atomic mass is 16.3. The number of aromatic nitrogens is 4. The molecule has 4 aromatic heterocycles. The van der Waals surface area contributed by atoms with Gasteiger partial charge in [-0.25, -0.2) is 15.0 Å². The number of benzene rings is 2. The first-order valence-electron chi connectivity index (χ1n) is 9.05. The minimum atomic E-state index is 0.731. The van der Waals surface area contributed by atoms with Crippen molar-refractivity contribution in [1.82, 2.24) is 19.5 Å². The number of hydrogen-bond acceptors (Lipinski definition) is 4. The van der Waals surface area contributed by atoms with Crippen LogP contribution in [0.2, 0.25) is 0 Å². The molecule has 5 nitrogen and oxygen atoms in total. The molecule has 6 rings (SSSR count). The molecule has 0 bridgehead atoms. The van der Waals surface area contributed by atoms with Crippen LogP contribution in [-0.4, -0.2) is 19.5 Å². The molecule has 0 fully saturated rings. The summed E-state index contributed by atoms with van der Waals surface area (Å²) in [5.74, 6) is 0.773. The Bertz CT molecular complexity index is 1460. The first kappa shape index (κ1) is 15.1. The number of nitrogens with zero attached hydrogens (tertiary/aromatic N) is 4. The van der Waals surface area contributed by atoms with Gasteiger partial charge in [0.2, 0.25) is 5.71 Å². The maximum atomic E-state index is 6.22. The van der Waals surface area contributed by atoms with Gasteiger partial charge in [0, 0.05) is 10.9 Å². The van der Waals surface area contributed by atoms with E-state index >= 15 is 0 Å². The van der Waals surface area contributed by atoms with E-state index in [2.05, 4.69) is 28.2 Å². The monoisotopic (exact) mass is 362 g/mol. The molecule has 0 unspecified atom stereocenters. The molecule has 0 aliphatic heterocycles. The van der Waals surface area contributed by atoms with E-state index in [1.54, 1.807) is 6.33 Å². The molecule has 2 aromatic carbocycles. The van der Waals surface area contributed by atoms with Crippen LogP contribution in [0.1, 0.15) is 0 Å². The van der Waals surface area contributed by atoms with E-state index in [4.69, 9.17) is 9.40 Å². The fourth-order valence-corrected chi connectivity index (χ4v) is 3.75. The number of rotatable bonds is 2. The summed E-state index contributed by atoms with van der Waals surface area (Å²) in [6.45, 7) is 0. The van der Waals surface area contributed by atoms with Crippen LogP contribution in [0.5, 0.6) is 0 Å². The van der Waals surface area contributed by atoms with Crippen LogP contribution >= 0.6 is 0 Å². The van der Waals surface area contributed by atoms with E-state index in [1.807, 2.05) is 65.4 Å². The molecular weight excluding hydrogens is 348 g/mol. The molecule has 6 aromatic rings. The zero-order chi connectivity index (χ0) is 18.5. The maximum absolute atomic E-state index is 6.22. The van der Waals surface area contributed by atoms with Crippen molar-refractivity contribution in [1.29, 1.82) is 0 Å². The Balaban J connectivity index is 1.70. The third kappa shape index (κ3) is 2.10. The molecule has 0 spiro atoms. The second-order valence-corrected chi connectivity index (χ2v) is 6.62. The minimum Gasteiger partial charge on any atom is -0.439 e. The second-order valence-electron chi connectivity index (χ2n) is 6.62. The molecule has 0 saturated heterocycles. The van der Waals surface area contributed by atoms with E-state index in [0.29, 0.717) is 0 Å². The van der Waals surface area contributed by atoms with Crippen LogP contribution in [0, 0.1) is 0 Å². The van der Waals surface area contributed by atoms with E-state index in [0.717, 1.165) is 50.2 Å². The van der Waals surface area contributed by atoms with Gasteiger partial charge in [0.05, 0.1) is 22.8 Å². The summed E-state index contributed by atoms with van der Waals surface area (Å²) >= 11 is 0. The maximum Gasteiger partial charge on any atom is 0.216 e. The highest BCUT2D eigenvalue weighted by Gasteiger charge is 2.20. The number of hydrogen-bond donors (Lipinski definition) is 0. The van der Waals surface area contributed by atoms with Crippen molar-refractivity contribution in [3.63, 3.8) is 0 Å². The van der Waals surface area contributed by atoms with Gasteiger partial charge in [-0.2, -0.15) is 0 Å². The SMILES string of the molecule is c1ccc(-c2cccc(-n3c4cncnc4c4c5ccccc5oc43)n2)cc1. The van der Waals surface area contributed by atoms with Gasteiger partial charge in [-0.05, 0) is 18.2 Å². The van der Waals surface area contributed by atoms with E-state index in [-0.39, 0.29) is 0 Å². The zero-order valence-electron chi connectivity index (χ0n) is 14.8. The van der Waals surface area contributed by atoms with Gasteiger partial charge in [-0.3, -0.25) is 4.57 Å². The predicted molar refractivity (Wildman–Crippen MR) is 109 cm³/mol. The minimum absolute atomic E-state index is 0.731. The number of fused-ring (bicyclic) bond motifs is 5. The highest BCUT2D eigenvalue weighted by Crippen LogP contribution is 2.37. The lowest BCUT2D eigenvalue weighted by Gasteiger charge is -2.07. The van der Waals surface area contributed by atoms with Gasteiger partial charge in [0.25, 0.3) is 0 Å². The van der Waals surface area contributed by atoms with Crippen LogP contribution in [0.3, 0.4) is 0 Å². The van der Waals surface area contributed by atoms with Crippen molar-refractivity contribution >= 4 is 33.1 Å². The van der Waals surface area contributed by atoms with Gasteiger partial charge < -0.3 is 4.42 Å². The smallest absolute Gasteiger partial charge is 0.216 e. The molecule has 0 aliphatic rings. The van der Waals surface area contributed by atoms with Crippen molar-refractivity contribution in [3.05, 3.63) is 85.3 Å². The van der Waals surface area contributed by atoms with Gasteiger partial charge in [0.15, 0.2) is 0 Å². The first-order chi connectivity index (χ1) is 13.9. The normalized spacial score (nSPS) is 11.6. The van der Waals surface area contributed by atoms with Gasteiger partial charge in [0.1, 0.15) is 23.2 Å². The standard InChI is InChI=1S/C23H14N4O/c1-2-7-15(8-3-1)17-10-6-12-20(26-17)27-18-13-24-14-25-22(18)21-16-9-4-5-11-19(16)28-23(21)27/h1-14H. The number of furan rings is 1. The molecule has 0 atom stereocenters. The van der Waals surface area contributed by atoms with E-state index < -0.39 is 0 Å². The largest absolute Gasteiger partial charge is 0.439 e. The summed E-state index contributed by atoms with van der Waals surface area (Å²) in [5.41, 5.74) is 5.27. The quantitative estimate of drug-likeness (QED) is 0.415. The zero-order valence-corrected chi connectivity index (χ0v) is 14.8. The second kappa shape index (κ2) is 5.76. The topological polar surface area (TPSA) is 56.7 Å². The van der Waals surface area contributed by atoms with E-state index in [9.17, 15) is 0 Å². The van der Waals surface area contributed by atoms with Crippen LogP contribution in [-0.2, 0) is 0 Å². The Labute approximate surface area is 159 Å². The molecule has 0 aliphatic carbocycles. The molecule has 0 amide bonds. The Hall–Kier alpha value is -3.99. The predicted octanol–water partition coefficient (Wildman–Crippen LogP) is 5.38. The van der Waals surface area contributed by atoms with Crippen LogP contribution in [0.4, 0.5) is 0 Å².